The third-order valence-corrected chi connectivity index (χ3v) is 4.26. The number of hydrogen-bond acceptors (Lipinski definition) is 2. The molecule has 1 atom stereocenters. The van der Waals surface area contributed by atoms with Crippen molar-refractivity contribution in [1.29, 1.82) is 0 Å². The Morgan fingerprint density at radius 2 is 2.29 bits per heavy atom. The van der Waals surface area contributed by atoms with E-state index in [1.54, 1.807) is 0 Å². The summed E-state index contributed by atoms with van der Waals surface area (Å²) >= 11 is 3.43. The molecule has 1 aliphatic heterocycles. The van der Waals surface area contributed by atoms with Gasteiger partial charge in [0.25, 0.3) is 0 Å². The topological polar surface area (TPSA) is 29.3 Å². The molecule has 2 nitrogen and oxygen atoms in total. The van der Waals surface area contributed by atoms with Gasteiger partial charge in [0.1, 0.15) is 0 Å². The lowest BCUT2D eigenvalue weighted by Crippen LogP contribution is -2.20. The van der Waals surface area contributed by atoms with Gasteiger partial charge in [-0.2, -0.15) is 0 Å². The zero-order valence-corrected chi connectivity index (χ0v) is 12.0. The third-order valence-electron chi connectivity index (χ3n) is 3.53. The molecular formula is C14H21BrN2. The van der Waals surface area contributed by atoms with E-state index in [9.17, 15) is 0 Å². The van der Waals surface area contributed by atoms with Crippen molar-refractivity contribution in [3.63, 3.8) is 0 Å². The summed E-state index contributed by atoms with van der Waals surface area (Å²) < 4.78 is 0.992. The Hall–Kier alpha value is -0.540. The summed E-state index contributed by atoms with van der Waals surface area (Å²) in [6.07, 6.45) is 4.04. The zero-order chi connectivity index (χ0) is 12.3. The summed E-state index contributed by atoms with van der Waals surface area (Å²) in [5.74, 6) is 0.910. The minimum Gasteiger partial charge on any atom is -0.398 e. The fourth-order valence-electron chi connectivity index (χ4n) is 2.65. The first-order valence-corrected chi connectivity index (χ1v) is 7.24. The Labute approximate surface area is 112 Å². The third kappa shape index (κ3) is 3.46. The van der Waals surface area contributed by atoms with Gasteiger partial charge in [0, 0.05) is 23.2 Å². The summed E-state index contributed by atoms with van der Waals surface area (Å²) in [5.41, 5.74) is 8.07. The molecule has 0 radical (unpaired) electrons. The molecule has 0 aliphatic carbocycles. The standard InChI is InChI=1S/C14H21BrN2/c1-2-3-11-6-7-17(9-11)10-12-4-5-13(15)14(16)8-12/h4-5,8,11H,2-3,6-7,9-10,16H2,1H3. The Morgan fingerprint density at radius 3 is 3.00 bits per heavy atom. The van der Waals surface area contributed by atoms with Crippen LogP contribution in [-0.2, 0) is 6.54 Å². The molecule has 1 aliphatic rings. The number of nitrogen functional groups attached to an aromatic ring is 1. The second-order valence-corrected chi connectivity index (χ2v) is 5.89. The van der Waals surface area contributed by atoms with E-state index in [1.165, 1.54) is 37.9 Å². The molecule has 0 bridgehead atoms. The second kappa shape index (κ2) is 5.87. The van der Waals surface area contributed by atoms with E-state index in [-0.39, 0.29) is 0 Å². The molecule has 1 unspecified atom stereocenters. The predicted molar refractivity (Wildman–Crippen MR) is 76.8 cm³/mol. The number of anilines is 1. The number of likely N-dealkylation sites (tertiary alicyclic amines) is 1. The maximum atomic E-state index is 5.90. The quantitative estimate of drug-likeness (QED) is 0.860. The summed E-state index contributed by atoms with van der Waals surface area (Å²) in [6.45, 7) is 5.81. The maximum Gasteiger partial charge on any atom is 0.0461 e. The van der Waals surface area contributed by atoms with Crippen LogP contribution in [0.5, 0.6) is 0 Å². The van der Waals surface area contributed by atoms with Crippen LogP contribution in [0.2, 0.25) is 0 Å². The van der Waals surface area contributed by atoms with Gasteiger partial charge < -0.3 is 5.73 Å². The molecule has 0 aromatic heterocycles. The average molecular weight is 297 g/mol. The van der Waals surface area contributed by atoms with Crippen molar-refractivity contribution in [1.82, 2.24) is 4.90 Å². The summed E-state index contributed by atoms with van der Waals surface area (Å²) in [5, 5.41) is 0. The molecular weight excluding hydrogens is 276 g/mol. The number of benzene rings is 1. The highest BCUT2D eigenvalue weighted by Crippen LogP contribution is 2.25. The Morgan fingerprint density at radius 1 is 1.47 bits per heavy atom. The van der Waals surface area contributed by atoms with E-state index >= 15 is 0 Å². The van der Waals surface area contributed by atoms with Crippen molar-refractivity contribution in [2.24, 2.45) is 5.92 Å². The normalized spacial score (nSPS) is 20.9. The van der Waals surface area contributed by atoms with Gasteiger partial charge >= 0.3 is 0 Å². The fourth-order valence-corrected chi connectivity index (χ4v) is 2.90. The molecule has 1 heterocycles. The number of rotatable bonds is 4. The van der Waals surface area contributed by atoms with Gasteiger partial charge in [-0.3, -0.25) is 4.90 Å². The van der Waals surface area contributed by atoms with Gasteiger partial charge in [0.05, 0.1) is 0 Å². The van der Waals surface area contributed by atoms with Crippen molar-refractivity contribution < 1.29 is 0 Å². The van der Waals surface area contributed by atoms with Crippen LogP contribution < -0.4 is 5.73 Å². The molecule has 0 spiro atoms. The summed E-state index contributed by atoms with van der Waals surface area (Å²) in [4.78, 5) is 2.54. The Balaban J connectivity index is 1.91. The Bertz CT molecular complexity index is 378. The molecule has 17 heavy (non-hydrogen) atoms. The number of nitrogens with two attached hydrogens (primary N) is 1. The minimum absolute atomic E-state index is 0.840. The van der Waals surface area contributed by atoms with Gasteiger partial charge in [0.15, 0.2) is 0 Å². The van der Waals surface area contributed by atoms with Gasteiger partial charge in [0.2, 0.25) is 0 Å². The highest BCUT2D eigenvalue weighted by molar-refractivity contribution is 9.10. The van der Waals surface area contributed by atoms with Crippen LogP contribution in [0.1, 0.15) is 31.7 Å². The molecule has 2 rings (SSSR count). The van der Waals surface area contributed by atoms with Gasteiger partial charge in [-0.1, -0.05) is 19.4 Å². The summed E-state index contributed by atoms with van der Waals surface area (Å²) in [6, 6.07) is 6.29. The predicted octanol–water partition coefficient (Wildman–Crippen LogP) is 3.65. The average Bonchev–Trinajstić information content (AvgIpc) is 2.72. The number of halogens is 1. The van der Waals surface area contributed by atoms with E-state index in [2.05, 4.69) is 39.9 Å². The van der Waals surface area contributed by atoms with Crippen molar-refractivity contribution >= 4 is 21.6 Å². The van der Waals surface area contributed by atoms with E-state index in [1.807, 2.05) is 6.07 Å². The fraction of sp³-hybridized carbons (Fsp3) is 0.571. The molecule has 94 valence electrons. The van der Waals surface area contributed by atoms with Gasteiger partial charge in [-0.25, -0.2) is 0 Å². The number of hydrogen-bond donors (Lipinski definition) is 1. The van der Waals surface area contributed by atoms with Crippen LogP contribution in [0.15, 0.2) is 22.7 Å². The number of nitrogens with zero attached hydrogens (tertiary/aromatic N) is 1. The zero-order valence-electron chi connectivity index (χ0n) is 10.5. The first kappa shape index (κ1) is 12.9. The van der Waals surface area contributed by atoms with E-state index in [4.69, 9.17) is 5.73 Å². The van der Waals surface area contributed by atoms with Crippen molar-refractivity contribution in [3.05, 3.63) is 28.2 Å². The van der Waals surface area contributed by atoms with Crippen molar-refractivity contribution in [2.45, 2.75) is 32.7 Å². The molecule has 0 amide bonds. The monoisotopic (exact) mass is 296 g/mol. The van der Waals surface area contributed by atoms with Crippen LogP contribution in [0.25, 0.3) is 0 Å². The van der Waals surface area contributed by atoms with Crippen molar-refractivity contribution in [3.8, 4) is 0 Å². The summed E-state index contributed by atoms with van der Waals surface area (Å²) in [7, 11) is 0. The van der Waals surface area contributed by atoms with E-state index < -0.39 is 0 Å². The molecule has 1 aromatic rings. The van der Waals surface area contributed by atoms with Crippen LogP contribution >= 0.6 is 15.9 Å². The molecule has 0 saturated carbocycles. The Kier molecular flexibility index (Phi) is 4.46. The smallest absolute Gasteiger partial charge is 0.0461 e. The van der Waals surface area contributed by atoms with Crippen LogP contribution in [0.3, 0.4) is 0 Å². The molecule has 1 aromatic carbocycles. The van der Waals surface area contributed by atoms with E-state index in [0.717, 1.165) is 22.6 Å². The SMILES string of the molecule is CCCC1CCN(Cc2ccc(Br)c(N)c2)C1. The second-order valence-electron chi connectivity index (χ2n) is 5.03. The molecule has 2 N–H and O–H groups in total. The minimum atomic E-state index is 0.840. The van der Waals surface area contributed by atoms with E-state index in [0.29, 0.717) is 0 Å². The lowest BCUT2D eigenvalue weighted by atomic mass is 10.0. The highest BCUT2D eigenvalue weighted by atomic mass is 79.9. The molecule has 1 fully saturated rings. The lowest BCUT2D eigenvalue weighted by Gasteiger charge is -2.16. The van der Waals surface area contributed by atoms with Gasteiger partial charge in [-0.15, -0.1) is 0 Å². The maximum absolute atomic E-state index is 5.90. The lowest BCUT2D eigenvalue weighted by molar-refractivity contribution is 0.313. The highest BCUT2D eigenvalue weighted by Gasteiger charge is 2.21. The first-order valence-electron chi connectivity index (χ1n) is 6.45. The molecule has 3 heteroatoms. The largest absolute Gasteiger partial charge is 0.398 e. The van der Waals surface area contributed by atoms with Gasteiger partial charge in [-0.05, 0) is 58.9 Å². The van der Waals surface area contributed by atoms with Crippen LogP contribution in [0, 0.1) is 5.92 Å². The van der Waals surface area contributed by atoms with Crippen LogP contribution in [-0.4, -0.2) is 18.0 Å². The first-order chi connectivity index (χ1) is 8.19. The molecule has 1 saturated heterocycles. The van der Waals surface area contributed by atoms with Crippen LogP contribution in [0.4, 0.5) is 5.69 Å². The van der Waals surface area contributed by atoms with Crippen molar-refractivity contribution in [2.75, 3.05) is 18.8 Å².